The monoisotopic (exact) mass is 459 g/mol. The molecule has 1 N–H and O–H groups in total. The van der Waals surface area contributed by atoms with Crippen LogP contribution in [-0.2, 0) is 18.2 Å². The molecule has 0 bridgehead atoms. The topological polar surface area (TPSA) is 64.8 Å². The van der Waals surface area contributed by atoms with Crippen molar-refractivity contribution in [2.75, 3.05) is 19.8 Å². The van der Waals surface area contributed by atoms with Crippen LogP contribution in [0.4, 0.5) is 0 Å². The summed E-state index contributed by atoms with van der Waals surface area (Å²) < 4.78 is 34.2. The molecular weight excluding hydrogens is 418 g/mol. The SMILES string of the molecule is [2H]OC1[C@@H](COP(OCC[N+]#[C-])N(C(C)C)C(C)C)O[C@@H]([B])[C@H]1O[Si](C)(C)C(C)(C)C. The van der Waals surface area contributed by atoms with Crippen LogP contribution in [0.25, 0.3) is 4.85 Å². The Morgan fingerprint density at radius 2 is 1.87 bits per heavy atom. The molecule has 5 atom stereocenters. The molecule has 172 valence electrons. The highest BCUT2D eigenvalue weighted by atomic mass is 31.2. The van der Waals surface area contributed by atoms with Gasteiger partial charge >= 0.3 is 0 Å². The molecule has 0 aromatic rings. The van der Waals surface area contributed by atoms with E-state index in [9.17, 15) is 0 Å². The summed E-state index contributed by atoms with van der Waals surface area (Å²) in [4.78, 5) is 3.36. The molecule has 0 spiro atoms. The maximum absolute atomic E-state index is 7.63. The summed E-state index contributed by atoms with van der Waals surface area (Å²) >= 11 is 0. The summed E-state index contributed by atoms with van der Waals surface area (Å²) in [7, 11) is 2.69. The first kappa shape index (κ1) is 26.2. The number of hydrogen-bond acceptors (Lipinski definition) is 6. The van der Waals surface area contributed by atoms with Gasteiger partial charge in [-0.15, -0.1) is 0 Å². The molecule has 1 aliphatic rings. The Labute approximate surface area is 188 Å². The Morgan fingerprint density at radius 3 is 2.33 bits per heavy atom. The maximum Gasteiger partial charge on any atom is 0.259 e. The van der Waals surface area contributed by atoms with E-state index in [1.807, 2.05) is 0 Å². The zero-order valence-electron chi connectivity index (χ0n) is 21.0. The lowest BCUT2D eigenvalue weighted by Gasteiger charge is -2.40. The van der Waals surface area contributed by atoms with E-state index in [1.165, 1.54) is 0 Å². The molecule has 30 heavy (non-hydrogen) atoms. The summed E-state index contributed by atoms with van der Waals surface area (Å²) in [6.07, 6.45) is -1.73. The molecule has 1 heterocycles. The molecule has 0 amide bonds. The first-order valence-electron chi connectivity index (χ1n) is 11.1. The van der Waals surface area contributed by atoms with Gasteiger partial charge in [-0.2, -0.15) is 0 Å². The van der Waals surface area contributed by atoms with Crippen LogP contribution in [0.5, 0.6) is 0 Å². The van der Waals surface area contributed by atoms with E-state index in [-0.39, 0.29) is 30.3 Å². The molecule has 10 heteroatoms. The fourth-order valence-corrected chi connectivity index (χ4v) is 5.90. The summed E-state index contributed by atoms with van der Waals surface area (Å²) in [5, 5.41) is 5.02. The molecule has 2 radical (unpaired) electrons. The molecule has 1 aliphatic heterocycles. The van der Waals surface area contributed by atoms with E-state index >= 15 is 0 Å². The van der Waals surface area contributed by atoms with Crippen LogP contribution >= 0.6 is 8.53 Å². The van der Waals surface area contributed by atoms with Gasteiger partial charge < -0.3 is 28.2 Å². The third-order valence-electron chi connectivity index (χ3n) is 5.58. The highest BCUT2D eigenvalue weighted by Gasteiger charge is 2.48. The molecular formula is C20H40BN2O5PSi. The average molecular weight is 459 g/mol. The van der Waals surface area contributed by atoms with Crippen LogP contribution in [0, 0.1) is 6.57 Å². The van der Waals surface area contributed by atoms with Crippen LogP contribution in [0.1, 0.15) is 48.5 Å². The van der Waals surface area contributed by atoms with Gasteiger partial charge in [0.25, 0.3) is 8.53 Å². The maximum atomic E-state index is 7.63. The van der Waals surface area contributed by atoms with Gasteiger partial charge in [0.05, 0.1) is 12.7 Å². The minimum atomic E-state index is -2.13. The van der Waals surface area contributed by atoms with Crippen LogP contribution < -0.4 is 0 Å². The molecule has 0 aromatic heterocycles. The highest BCUT2D eigenvalue weighted by molar-refractivity contribution is 7.44. The molecule has 2 unspecified atom stereocenters. The lowest BCUT2D eigenvalue weighted by molar-refractivity contribution is -0.00558. The van der Waals surface area contributed by atoms with Gasteiger partial charge in [-0.3, -0.25) is 0 Å². The van der Waals surface area contributed by atoms with Gasteiger partial charge in [0.15, 0.2) is 8.32 Å². The zero-order chi connectivity index (χ0) is 24.0. The van der Waals surface area contributed by atoms with Gasteiger partial charge in [-0.05, 0) is 45.8 Å². The predicted octanol–water partition coefficient (Wildman–Crippen LogP) is 3.93. The fourth-order valence-electron chi connectivity index (χ4n) is 2.99. The van der Waals surface area contributed by atoms with Crippen LogP contribution in [-0.4, -0.2) is 83.5 Å². The second-order valence-electron chi connectivity index (χ2n) is 9.76. The number of nitrogens with zero attached hydrogens (tertiary/aromatic N) is 2. The number of hydrogen-bond donors (Lipinski definition) is 1. The van der Waals surface area contributed by atoms with E-state index in [4.69, 9.17) is 39.2 Å². The van der Waals surface area contributed by atoms with Crippen LogP contribution in [0.2, 0.25) is 18.1 Å². The summed E-state index contributed by atoms with van der Waals surface area (Å²) in [5.74, 6) is 0. The van der Waals surface area contributed by atoms with Gasteiger partial charge in [-0.25, -0.2) is 11.2 Å². The van der Waals surface area contributed by atoms with Gasteiger partial charge in [0.2, 0.25) is 7.98 Å². The normalized spacial score (nSPS) is 27.0. The van der Waals surface area contributed by atoms with Crippen LogP contribution in [0.15, 0.2) is 0 Å². The van der Waals surface area contributed by atoms with E-state index in [0.29, 0.717) is 6.61 Å². The third kappa shape index (κ3) is 7.53. The lowest BCUT2D eigenvalue weighted by atomic mass is 9.93. The second kappa shape index (κ2) is 11.7. The zero-order valence-corrected chi connectivity index (χ0v) is 21.9. The molecule has 0 saturated carbocycles. The second-order valence-corrected chi connectivity index (χ2v) is 16.0. The average Bonchev–Trinajstić information content (AvgIpc) is 2.92. The van der Waals surface area contributed by atoms with Gasteiger partial charge in [-0.1, -0.05) is 20.8 Å². The standard InChI is InChI=1S/C20H40BN2O5PSi/c1-14(2)23(15(3)4)29(25-12-11-22-8)26-13-16-17(24)18(19(21)27-16)28-30(9,10)20(5,6)7/h14-19,24H,11-13H2,1-7,9-10H3/t16-,17?,18+,19-,29?/m1/s1/i24D. The van der Waals surface area contributed by atoms with Gasteiger partial charge in [0, 0.05) is 18.1 Å². The Hall–Kier alpha value is -0.0382. The molecule has 0 aromatic carbocycles. The fraction of sp³-hybridized carbons (Fsp3) is 0.950. The molecule has 1 saturated heterocycles. The van der Waals surface area contributed by atoms with E-state index in [0.717, 1.165) is 0 Å². The number of rotatable bonds is 12. The Balaban J connectivity index is 2.91. The van der Waals surface area contributed by atoms with Crippen molar-refractivity contribution in [1.82, 2.24) is 4.67 Å². The van der Waals surface area contributed by atoms with Crippen molar-refractivity contribution in [3.8, 4) is 0 Å². The van der Waals surface area contributed by atoms with E-state index < -0.39 is 41.2 Å². The minimum absolute atomic E-state index is 0.00597. The van der Waals surface area contributed by atoms with Crippen LogP contribution in [0.3, 0.4) is 0 Å². The Bertz CT molecular complexity index is 583. The number of ether oxygens (including phenoxy) is 1. The smallest absolute Gasteiger partial charge is 0.259 e. The molecule has 1 fully saturated rings. The van der Waals surface area contributed by atoms with E-state index in [1.54, 1.807) is 0 Å². The Morgan fingerprint density at radius 1 is 1.27 bits per heavy atom. The van der Waals surface area contributed by atoms with Crippen molar-refractivity contribution in [3.63, 3.8) is 0 Å². The number of aliphatic hydroxyl groups is 1. The number of aliphatic hydroxyl groups excluding tert-OH is 1. The predicted molar refractivity (Wildman–Crippen MR) is 125 cm³/mol. The first-order chi connectivity index (χ1) is 14.3. The van der Waals surface area contributed by atoms with Crippen molar-refractivity contribution >= 4 is 24.7 Å². The summed E-state index contributed by atoms with van der Waals surface area (Å²) in [6, 6.07) is -0.300. The molecule has 1 rings (SSSR count). The first-order valence-corrected chi connectivity index (χ1v) is 14.7. The van der Waals surface area contributed by atoms with Crippen molar-refractivity contribution in [2.45, 2.75) is 103 Å². The molecule has 7 nitrogen and oxygen atoms in total. The minimum Gasteiger partial charge on any atom is -0.409 e. The highest BCUT2D eigenvalue weighted by Crippen LogP contribution is 2.46. The van der Waals surface area contributed by atoms with Gasteiger partial charge in [0.1, 0.15) is 26.7 Å². The van der Waals surface area contributed by atoms with Crippen molar-refractivity contribution < 1.29 is 23.3 Å². The third-order valence-corrected chi connectivity index (χ3v) is 12.1. The van der Waals surface area contributed by atoms with E-state index in [2.05, 4.69) is 71.1 Å². The summed E-state index contributed by atoms with van der Waals surface area (Å²) in [6.45, 7) is 26.8. The van der Waals surface area contributed by atoms with Crippen molar-refractivity contribution in [1.29, 1.82) is 1.43 Å². The quantitative estimate of drug-likeness (QED) is 0.207. The van der Waals surface area contributed by atoms with Crippen molar-refractivity contribution in [3.05, 3.63) is 11.4 Å². The largest absolute Gasteiger partial charge is 0.409 e. The Kier molecular flexibility index (Phi) is 10.2. The van der Waals surface area contributed by atoms with Crippen molar-refractivity contribution in [2.24, 2.45) is 0 Å². The molecule has 0 aliphatic carbocycles. The summed E-state index contributed by atoms with van der Waals surface area (Å²) in [5.41, 5.74) is 0. The lowest BCUT2D eigenvalue weighted by Crippen LogP contribution is -2.49.